The number of rotatable bonds is 5. The number of aromatic nitrogens is 2. The lowest BCUT2D eigenvalue weighted by molar-refractivity contribution is 0.0998. The zero-order valence-corrected chi connectivity index (χ0v) is 15.0. The van der Waals surface area contributed by atoms with Crippen molar-refractivity contribution in [2.24, 2.45) is 7.05 Å². The van der Waals surface area contributed by atoms with E-state index in [0.29, 0.717) is 13.2 Å². The maximum atomic E-state index is 12.3. The molecule has 2 aromatic rings. The molecule has 1 fully saturated rings. The minimum absolute atomic E-state index is 0.0292. The van der Waals surface area contributed by atoms with Gasteiger partial charge in [0.15, 0.2) is 0 Å². The quantitative estimate of drug-likeness (QED) is 0.878. The average Bonchev–Trinajstić information content (AvgIpc) is 3.21. The Bertz CT molecular complexity index is 728. The minimum Gasteiger partial charge on any atom is -0.371 e. The van der Waals surface area contributed by atoms with Crippen molar-refractivity contribution in [2.45, 2.75) is 38.3 Å². The molecule has 1 unspecified atom stereocenters. The van der Waals surface area contributed by atoms with E-state index >= 15 is 0 Å². The van der Waals surface area contributed by atoms with Crippen LogP contribution in [0.3, 0.4) is 0 Å². The molecule has 6 nitrogen and oxygen atoms in total. The van der Waals surface area contributed by atoms with Crippen molar-refractivity contribution in [1.82, 2.24) is 20.4 Å². The predicted molar refractivity (Wildman–Crippen MR) is 96.4 cm³/mol. The molecule has 0 bridgehead atoms. The van der Waals surface area contributed by atoms with Crippen molar-refractivity contribution >= 4 is 6.03 Å². The summed E-state index contributed by atoms with van der Waals surface area (Å²) in [6.07, 6.45) is 4.40. The molecule has 1 aromatic heterocycles. The molecule has 1 aromatic carbocycles. The summed E-state index contributed by atoms with van der Waals surface area (Å²) in [6.45, 7) is 5.44. The summed E-state index contributed by atoms with van der Waals surface area (Å²) in [7, 11) is 1.88. The molecule has 6 heteroatoms. The van der Waals surface area contributed by atoms with E-state index in [4.69, 9.17) is 4.74 Å². The summed E-state index contributed by atoms with van der Waals surface area (Å²) in [5.74, 6) is 0.264. The zero-order chi connectivity index (χ0) is 17.8. The lowest BCUT2D eigenvalue weighted by Gasteiger charge is -2.20. The van der Waals surface area contributed by atoms with Crippen LogP contribution in [0.2, 0.25) is 0 Å². The van der Waals surface area contributed by atoms with Crippen molar-refractivity contribution in [2.75, 3.05) is 13.2 Å². The molecule has 0 aliphatic carbocycles. The first kappa shape index (κ1) is 17.5. The fraction of sp³-hybridized carbons (Fsp3) is 0.474. The molecule has 1 aliphatic rings. The number of nitrogens with zero attached hydrogens (tertiary/aromatic N) is 2. The van der Waals surface area contributed by atoms with Crippen molar-refractivity contribution in [1.29, 1.82) is 0 Å². The van der Waals surface area contributed by atoms with Crippen molar-refractivity contribution in [3.05, 3.63) is 53.3 Å². The van der Waals surface area contributed by atoms with Gasteiger partial charge in [0.1, 0.15) is 6.10 Å². The van der Waals surface area contributed by atoms with E-state index < -0.39 is 0 Å². The fourth-order valence-corrected chi connectivity index (χ4v) is 3.21. The third kappa shape index (κ3) is 4.39. The van der Waals surface area contributed by atoms with Crippen LogP contribution in [0.1, 0.15) is 42.1 Å². The Morgan fingerprint density at radius 3 is 3.04 bits per heavy atom. The van der Waals surface area contributed by atoms with Gasteiger partial charge >= 0.3 is 6.03 Å². The average molecular weight is 342 g/mol. The SMILES string of the molecule is Cc1cccc(C(C)CNC(=O)N[C@H]2CCO[C@@H]2c2cnn(C)c2)c1. The second kappa shape index (κ2) is 7.70. The smallest absolute Gasteiger partial charge is 0.315 e. The number of aryl methyl sites for hydroxylation is 2. The molecular weight excluding hydrogens is 316 g/mol. The first-order chi connectivity index (χ1) is 12.0. The van der Waals surface area contributed by atoms with Gasteiger partial charge in [0.05, 0.1) is 12.2 Å². The lowest BCUT2D eigenvalue weighted by atomic mass is 9.99. The number of ether oxygens (including phenoxy) is 1. The van der Waals surface area contributed by atoms with Crippen LogP contribution in [0, 0.1) is 6.92 Å². The molecule has 2 N–H and O–H groups in total. The number of benzene rings is 1. The van der Waals surface area contributed by atoms with Gasteiger partial charge in [-0.2, -0.15) is 5.10 Å². The summed E-state index contributed by atoms with van der Waals surface area (Å²) in [6, 6.07) is 8.21. The van der Waals surface area contributed by atoms with Crippen LogP contribution in [0.25, 0.3) is 0 Å². The fourth-order valence-electron chi connectivity index (χ4n) is 3.21. The maximum Gasteiger partial charge on any atom is 0.315 e. The van der Waals surface area contributed by atoms with E-state index in [9.17, 15) is 4.79 Å². The monoisotopic (exact) mass is 342 g/mol. The predicted octanol–water partition coefficient (Wildman–Crippen LogP) is 2.66. The highest BCUT2D eigenvalue weighted by atomic mass is 16.5. The first-order valence-corrected chi connectivity index (χ1v) is 8.74. The number of hydrogen-bond donors (Lipinski definition) is 2. The number of hydrogen-bond acceptors (Lipinski definition) is 3. The lowest BCUT2D eigenvalue weighted by Crippen LogP contribution is -2.44. The van der Waals surface area contributed by atoms with Crippen molar-refractivity contribution in [3.63, 3.8) is 0 Å². The number of nitrogens with one attached hydrogen (secondary N) is 2. The summed E-state index contributed by atoms with van der Waals surface area (Å²) < 4.78 is 7.53. The van der Waals surface area contributed by atoms with E-state index in [2.05, 4.69) is 53.8 Å². The van der Waals surface area contributed by atoms with E-state index in [1.54, 1.807) is 10.9 Å². The molecule has 0 radical (unpaired) electrons. The van der Waals surface area contributed by atoms with E-state index in [0.717, 1.165) is 12.0 Å². The maximum absolute atomic E-state index is 12.3. The topological polar surface area (TPSA) is 68.2 Å². The number of carbonyl (C=O) groups excluding carboxylic acids is 1. The molecule has 1 saturated heterocycles. The van der Waals surface area contributed by atoms with Crippen LogP contribution >= 0.6 is 0 Å². The Labute approximate surface area is 148 Å². The van der Waals surface area contributed by atoms with Crippen LogP contribution in [-0.2, 0) is 11.8 Å². The molecule has 25 heavy (non-hydrogen) atoms. The third-order valence-electron chi connectivity index (χ3n) is 4.64. The first-order valence-electron chi connectivity index (χ1n) is 8.74. The van der Waals surface area contributed by atoms with E-state index in [-0.39, 0.29) is 24.1 Å². The van der Waals surface area contributed by atoms with Gasteiger partial charge in [-0.3, -0.25) is 4.68 Å². The summed E-state index contributed by atoms with van der Waals surface area (Å²) in [4.78, 5) is 12.3. The van der Waals surface area contributed by atoms with Crippen molar-refractivity contribution in [3.8, 4) is 0 Å². The van der Waals surface area contributed by atoms with Crippen LogP contribution in [0.5, 0.6) is 0 Å². The molecule has 0 spiro atoms. The minimum atomic E-state index is -0.149. The number of urea groups is 1. The van der Waals surface area contributed by atoms with Gasteiger partial charge in [-0.05, 0) is 24.8 Å². The van der Waals surface area contributed by atoms with Gasteiger partial charge in [-0.25, -0.2) is 4.79 Å². The number of carbonyl (C=O) groups is 1. The summed E-state index contributed by atoms with van der Waals surface area (Å²) in [5.41, 5.74) is 3.47. The Morgan fingerprint density at radius 1 is 1.48 bits per heavy atom. The largest absolute Gasteiger partial charge is 0.371 e. The van der Waals surface area contributed by atoms with Crippen LogP contribution in [0.4, 0.5) is 4.79 Å². The second-order valence-corrected chi connectivity index (χ2v) is 6.80. The molecule has 2 heterocycles. The van der Waals surface area contributed by atoms with Gasteiger partial charge in [0, 0.05) is 32.0 Å². The highest BCUT2D eigenvalue weighted by molar-refractivity contribution is 5.74. The Balaban J connectivity index is 1.52. The highest BCUT2D eigenvalue weighted by Crippen LogP contribution is 2.28. The van der Waals surface area contributed by atoms with Gasteiger partial charge in [-0.15, -0.1) is 0 Å². The zero-order valence-electron chi connectivity index (χ0n) is 15.0. The molecular formula is C19H26N4O2. The standard InChI is InChI=1S/C19H26N4O2/c1-13-5-4-6-15(9-13)14(2)10-20-19(24)22-17-7-8-25-18(17)16-11-21-23(3)12-16/h4-6,9,11-12,14,17-18H,7-8,10H2,1-3H3,(H2,20,22,24)/t14?,17-,18+/m0/s1. The Morgan fingerprint density at radius 2 is 2.32 bits per heavy atom. The summed E-state index contributed by atoms with van der Waals surface area (Å²) in [5, 5.41) is 10.2. The molecule has 0 saturated carbocycles. The molecule has 134 valence electrons. The Hall–Kier alpha value is -2.34. The Kier molecular flexibility index (Phi) is 5.38. The van der Waals surface area contributed by atoms with E-state index in [1.807, 2.05) is 13.2 Å². The molecule has 3 atom stereocenters. The van der Waals surface area contributed by atoms with Crippen molar-refractivity contribution < 1.29 is 9.53 Å². The number of amides is 2. The van der Waals surface area contributed by atoms with Gasteiger partial charge < -0.3 is 15.4 Å². The second-order valence-electron chi connectivity index (χ2n) is 6.80. The highest BCUT2D eigenvalue weighted by Gasteiger charge is 2.31. The van der Waals surface area contributed by atoms with Crippen LogP contribution in [-0.4, -0.2) is 35.0 Å². The molecule has 2 amide bonds. The van der Waals surface area contributed by atoms with E-state index in [1.165, 1.54) is 11.1 Å². The van der Waals surface area contributed by atoms with Crippen LogP contribution in [0.15, 0.2) is 36.7 Å². The summed E-state index contributed by atoms with van der Waals surface area (Å²) >= 11 is 0. The third-order valence-corrected chi connectivity index (χ3v) is 4.64. The van der Waals surface area contributed by atoms with Gasteiger partial charge in [0.2, 0.25) is 0 Å². The molecule has 3 rings (SSSR count). The van der Waals surface area contributed by atoms with Gasteiger partial charge in [-0.1, -0.05) is 36.8 Å². The normalized spacial score (nSPS) is 21.1. The van der Waals surface area contributed by atoms with Crippen LogP contribution < -0.4 is 10.6 Å². The van der Waals surface area contributed by atoms with Gasteiger partial charge in [0.25, 0.3) is 0 Å². The molecule has 1 aliphatic heterocycles.